The SMILES string of the molecule is FC(F)(F)c1ccc(-c2cccs2)n1-c1ccccc1. The van der Waals surface area contributed by atoms with Crippen LogP contribution in [0.1, 0.15) is 5.69 Å². The lowest BCUT2D eigenvalue weighted by atomic mass is 10.3. The summed E-state index contributed by atoms with van der Waals surface area (Å²) >= 11 is 1.42. The van der Waals surface area contributed by atoms with Gasteiger partial charge in [-0.2, -0.15) is 13.2 Å². The lowest BCUT2D eigenvalue weighted by Gasteiger charge is -2.14. The maximum absolute atomic E-state index is 13.2. The number of rotatable bonds is 2. The van der Waals surface area contributed by atoms with Crippen LogP contribution in [0, 0.1) is 0 Å². The molecule has 0 spiro atoms. The number of halogens is 3. The van der Waals surface area contributed by atoms with Crippen molar-refractivity contribution in [1.29, 1.82) is 0 Å². The van der Waals surface area contributed by atoms with Crippen molar-refractivity contribution < 1.29 is 13.2 Å². The third kappa shape index (κ3) is 2.25. The summed E-state index contributed by atoms with van der Waals surface area (Å²) in [4.78, 5) is 0.810. The Morgan fingerprint density at radius 2 is 1.60 bits per heavy atom. The second kappa shape index (κ2) is 4.83. The van der Waals surface area contributed by atoms with Gasteiger partial charge in [0, 0.05) is 5.69 Å². The molecule has 0 saturated heterocycles. The highest BCUT2D eigenvalue weighted by atomic mass is 32.1. The van der Waals surface area contributed by atoms with Crippen LogP contribution in [0.5, 0.6) is 0 Å². The third-order valence-corrected chi connectivity index (χ3v) is 3.85. The number of thiophene rings is 1. The zero-order chi connectivity index (χ0) is 14.2. The number of benzene rings is 1. The van der Waals surface area contributed by atoms with E-state index in [1.54, 1.807) is 30.3 Å². The van der Waals surface area contributed by atoms with Crippen molar-refractivity contribution in [2.45, 2.75) is 6.18 Å². The Kier molecular flexibility index (Phi) is 3.14. The first-order valence-electron chi connectivity index (χ1n) is 5.95. The van der Waals surface area contributed by atoms with E-state index in [4.69, 9.17) is 0 Å². The van der Waals surface area contributed by atoms with Gasteiger partial charge in [0.25, 0.3) is 0 Å². The minimum atomic E-state index is -4.38. The molecule has 0 amide bonds. The summed E-state index contributed by atoms with van der Waals surface area (Å²) in [7, 11) is 0. The Bertz CT molecular complexity index is 697. The Morgan fingerprint density at radius 3 is 2.20 bits per heavy atom. The van der Waals surface area contributed by atoms with Gasteiger partial charge in [-0.1, -0.05) is 24.3 Å². The highest BCUT2D eigenvalue weighted by Gasteiger charge is 2.35. The van der Waals surface area contributed by atoms with Crippen LogP contribution >= 0.6 is 11.3 Å². The molecule has 0 fully saturated rings. The Hall–Kier alpha value is -2.01. The summed E-state index contributed by atoms with van der Waals surface area (Å²) in [5.74, 6) is 0. The second-order valence-corrected chi connectivity index (χ2v) is 5.20. The van der Waals surface area contributed by atoms with Crippen molar-refractivity contribution in [2.24, 2.45) is 0 Å². The summed E-state index contributed by atoms with van der Waals surface area (Å²) in [5.41, 5.74) is 0.402. The standard InChI is InChI=1S/C15H10F3NS/c16-15(17,18)14-9-8-12(13-7-4-10-20-13)19(14)11-5-2-1-3-6-11/h1-10H. The molecule has 0 saturated carbocycles. The monoisotopic (exact) mass is 293 g/mol. The largest absolute Gasteiger partial charge is 0.431 e. The zero-order valence-electron chi connectivity index (χ0n) is 10.3. The highest BCUT2D eigenvalue weighted by molar-refractivity contribution is 7.13. The van der Waals surface area contributed by atoms with E-state index in [-0.39, 0.29) is 0 Å². The van der Waals surface area contributed by atoms with Crippen LogP contribution < -0.4 is 0 Å². The first-order valence-corrected chi connectivity index (χ1v) is 6.83. The van der Waals surface area contributed by atoms with Crippen LogP contribution in [-0.2, 0) is 6.18 Å². The fourth-order valence-corrected chi connectivity index (χ4v) is 2.87. The molecule has 20 heavy (non-hydrogen) atoms. The van der Waals surface area contributed by atoms with Gasteiger partial charge >= 0.3 is 6.18 Å². The third-order valence-electron chi connectivity index (χ3n) is 2.96. The van der Waals surface area contributed by atoms with Crippen LogP contribution in [0.15, 0.2) is 60.0 Å². The van der Waals surface area contributed by atoms with Crippen molar-refractivity contribution in [3.8, 4) is 16.3 Å². The van der Waals surface area contributed by atoms with E-state index in [1.807, 2.05) is 17.5 Å². The molecule has 0 radical (unpaired) electrons. The first kappa shape index (κ1) is 13.0. The quantitative estimate of drug-likeness (QED) is 0.610. The number of aromatic nitrogens is 1. The Labute approximate surface area is 117 Å². The van der Waals surface area contributed by atoms with Gasteiger partial charge in [0.05, 0.1) is 10.6 Å². The molecule has 1 nitrogen and oxygen atoms in total. The van der Waals surface area contributed by atoms with Crippen LogP contribution in [0.4, 0.5) is 13.2 Å². The van der Waals surface area contributed by atoms with Gasteiger partial charge in [0.15, 0.2) is 0 Å². The normalized spacial score (nSPS) is 11.8. The number of hydrogen-bond donors (Lipinski definition) is 0. The molecule has 0 bridgehead atoms. The van der Waals surface area contributed by atoms with E-state index < -0.39 is 11.9 Å². The number of nitrogens with zero attached hydrogens (tertiary/aromatic N) is 1. The number of alkyl halides is 3. The Morgan fingerprint density at radius 1 is 0.850 bits per heavy atom. The molecule has 0 N–H and O–H groups in total. The number of para-hydroxylation sites is 1. The highest BCUT2D eigenvalue weighted by Crippen LogP contribution is 2.37. The molecular weight excluding hydrogens is 283 g/mol. The molecule has 2 aromatic heterocycles. The molecular formula is C15H10F3NS. The van der Waals surface area contributed by atoms with Crippen molar-refractivity contribution in [3.05, 3.63) is 65.7 Å². The van der Waals surface area contributed by atoms with Gasteiger partial charge in [-0.05, 0) is 35.7 Å². The summed E-state index contributed by atoms with van der Waals surface area (Å²) < 4.78 is 40.8. The van der Waals surface area contributed by atoms with Gasteiger partial charge in [-0.15, -0.1) is 11.3 Å². The van der Waals surface area contributed by atoms with Gasteiger partial charge in [0.1, 0.15) is 5.69 Å². The van der Waals surface area contributed by atoms with E-state index in [1.165, 1.54) is 22.0 Å². The molecule has 0 atom stereocenters. The van der Waals surface area contributed by atoms with E-state index in [9.17, 15) is 13.2 Å². The smallest absolute Gasteiger partial charge is 0.305 e. The minimum Gasteiger partial charge on any atom is -0.305 e. The Balaban J connectivity index is 2.26. The second-order valence-electron chi connectivity index (χ2n) is 4.25. The summed E-state index contributed by atoms with van der Waals surface area (Å²) in [6, 6.07) is 14.9. The average Bonchev–Trinajstić information content (AvgIpc) is 3.07. The first-order chi connectivity index (χ1) is 9.57. The fourth-order valence-electron chi connectivity index (χ4n) is 2.13. The summed E-state index contributed by atoms with van der Waals surface area (Å²) in [6.07, 6.45) is -4.38. The summed E-state index contributed by atoms with van der Waals surface area (Å²) in [6.45, 7) is 0. The van der Waals surface area contributed by atoms with Crippen LogP contribution in [-0.4, -0.2) is 4.57 Å². The molecule has 0 aliphatic carbocycles. The molecule has 2 heterocycles. The lowest BCUT2D eigenvalue weighted by Crippen LogP contribution is -2.12. The van der Waals surface area contributed by atoms with Crippen LogP contribution in [0.3, 0.4) is 0 Å². The van der Waals surface area contributed by atoms with Crippen LogP contribution in [0.25, 0.3) is 16.3 Å². The molecule has 3 rings (SSSR count). The van der Waals surface area contributed by atoms with Crippen molar-refractivity contribution in [3.63, 3.8) is 0 Å². The molecule has 0 aliphatic rings. The van der Waals surface area contributed by atoms with Gasteiger partial charge in [0.2, 0.25) is 0 Å². The average molecular weight is 293 g/mol. The molecule has 0 aliphatic heterocycles. The zero-order valence-corrected chi connectivity index (χ0v) is 11.1. The van der Waals surface area contributed by atoms with Crippen LogP contribution in [0.2, 0.25) is 0 Å². The topological polar surface area (TPSA) is 4.93 Å². The number of hydrogen-bond acceptors (Lipinski definition) is 1. The van der Waals surface area contributed by atoms with Gasteiger partial charge in [-0.3, -0.25) is 0 Å². The molecule has 102 valence electrons. The molecule has 1 aromatic carbocycles. The van der Waals surface area contributed by atoms with E-state index >= 15 is 0 Å². The van der Waals surface area contributed by atoms with Crippen molar-refractivity contribution in [1.82, 2.24) is 4.57 Å². The van der Waals surface area contributed by atoms with E-state index in [2.05, 4.69) is 0 Å². The fraction of sp³-hybridized carbons (Fsp3) is 0.0667. The van der Waals surface area contributed by atoms with Crippen molar-refractivity contribution in [2.75, 3.05) is 0 Å². The van der Waals surface area contributed by atoms with Crippen molar-refractivity contribution >= 4 is 11.3 Å². The predicted octanol–water partition coefficient (Wildman–Crippen LogP) is 5.22. The maximum Gasteiger partial charge on any atom is 0.431 e. The minimum absolute atomic E-state index is 0.508. The summed E-state index contributed by atoms with van der Waals surface area (Å²) in [5, 5.41) is 1.85. The molecule has 5 heteroatoms. The van der Waals surface area contributed by atoms with E-state index in [0.717, 1.165) is 10.9 Å². The van der Waals surface area contributed by atoms with Gasteiger partial charge in [-0.25, -0.2) is 0 Å². The predicted molar refractivity (Wildman–Crippen MR) is 74.1 cm³/mol. The maximum atomic E-state index is 13.2. The molecule has 0 unspecified atom stereocenters. The van der Waals surface area contributed by atoms with Gasteiger partial charge < -0.3 is 4.57 Å². The van der Waals surface area contributed by atoms with E-state index in [0.29, 0.717) is 11.4 Å². The lowest BCUT2D eigenvalue weighted by molar-refractivity contribution is -0.142. The molecule has 3 aromatic rings.